The molecule has 0 saturated heterocycles. The van der Waals surface area contributed by atoms with Crippen molar-refractivity contribution in [2.45, 2.75) is 50.6 Å². The van der Waals surface area contributed by atoms with Crippen LogP contribution in [0.1, 0.15) is 38.5 Å². The Labute approximate surface area is 127 Å². The van der Waals surface area contributed by atoms with Gasteiger partial charge in [0.2, 0.25) is 0 Å². The van der Waals surface area contributed by atoms with Gasteiger partial charge >= 0.3 is 18.4 Å². The molecule has 0 aromatic heterocycles. The van der Waals surface area contributed by atoms with E-state index in [1.807, 2.05) is 0 Å². The molecule has 4 aliphatic rings. The number of halogens is 2. The molecule has 7 heteroatoms. The van der Waals surface area contributed by atoms with Gasteiger partial charge in [0.25, 0.3) is 0 Å². The first kappa shape index (κ1) is 15.6. The average molecular weight is 318 g/mol. The van der Waals surface area contributed by atoms with Crippen molar-refractivity contribution >= 4 is 11.9 Å². The summed E-state index contributed by atoms with van der Waals surface area (Å²) in [5.41, 5.74) is -0.847. The first-order chi connectivity index (χ1) is 10.3. The fraction of sp³-hybridized carbons (Fsp3) is 0.867. The van der Waals surface area contributed by atoms with Crippen LogP contribution in [-0.2, 0) is 19.1 Å². The molecule has 5 nitrogen and oxygen atoms in total. The lowest BCUT2D eigenvalue weighted by Gasteiger charge is -2.59. The Balaban J connectivity index is 1.51. The standard InChI is InChI=1S/C15H20F2O5/c16-12(17)13(19)21-6-11(18)22-8-14-2-9-1-10(3-14)5-15(20,4-9)7-14/h9-10,12,20H,1-8H2. The average Bonchev–Trinajstić information content (AvgIpc) is 2.39. The largest absolute Gasteiger partial charge is 0.463 e. The van der Waals surface area contributed by atoms with Crippen LogP contribution in [0.2, 0.25) is 0 Å². The third-order valence-corrected chi connectivity index (χ3v) is 5.20. The molecular weight excluding hydrogens is 298 g/mol. The zero-order valence-corrected chi connectivity index (χ0v) is 12.2. The van der Waals surface area contributed by atoms with Crippen LogP contribution in [0.4, 0.5) is 8.78 Å². The van der Waals surface area contributed by atoms with Crippen LogP contribution < -0.4 is 0 Å². The number of carbonyl (C=O) groups excluding carboxylic acids is 2. The molecule has 2 atom stereocenters. The van der Waals surface area contributed by atoms with Gasteiger partial charge in [-0.25, -0.2) is 9.59 Å². The van der Waals surface area contributed by atoms with Crippen molar-refractivity contribution in [1.82, 2.24) is 0 Å². The van der Waals surface area contributed by atoms with Gasteiger partial charge in [0.1, 0.15) is 0 Å². The van der Waals surface area contributed by atoms with Gasteiger partial charge in [-0.3, -0.25) is 0 Å². The molecule has 4 fully saturated rings. The molecular formula is C15H20F2O5. The molecule has 0 radical (unpaired) electrons. The maximum absolute atomic E-state index is 12.0. The highest BCUT2D eigenvalue weighted by atomic mass is 19.3. The molecule has 0 spiro atoms. The summed E-state index contributed by atoms with van der Waals surface area (Å²) in [5.74, 6) is -1.60. The number of hydrogen-bond donors (Lipinski definition) is 1. The van der Waals surface area contributed by atoms with E-state index in [0.717, 1.165) is 32.1 Å². The van der Waals surface area contributed by atoms with Crippen LogP contribution in [0.5, 0.6) is 0 Å². The predicted molar refractivity (Wildman–Crippen MR) is 70.0 cm³/mol. The van der Waals surface area contributed by atoms with Gasteiger partial charge in [0, 0.05) is 5.41 Å². The normalized spacial score (nSPS) is 39.1. The van der Waals surface area contributed by atoms with Crippen molar-refractivity contribution in [1.29, 1.82) is 0 Å². The van der Waals surface area contributed by atoms with Crippen LogP contribution in [0, 0.1) is 17.3 Å². The summed E-state index contributed by atoms with van der Waals surface area (Å²) in [4.78, 5) is 22.1. The Morgan fingerprint density at radius 1 is 1.14 bits per heavy atom. The van der Waals surface area contributed by atoms with Crippen molar-refractivity contribution < 1.29 is 33.0 Å². The van der Waals surface area contributed by atoms with Gasteiger partial charge in [-0.05, 0) is 50.4 Å². The van der Waals surface area contributed by atoms with Gasteiger partial charge in [-0.1, -0.05) is 0 Å². The second-order valence-corrected chi connectivity index (χ2v) is 7.25. The molecule has 2 unspecified atom stereocenters. The summed E-state index contributed by atoms with van der Waals surface area (Å²) in [6.07, 6.45) is 2.01. The number of esters is 2. The van der Waals surface area contributed by atoms with E-state index in [2.05, 4.69) is 4.74 Å². The first-order valence-corrected chi connectivity index (χ1v) is 7.62. The lowest BCUT2D eigenvalue weighted by atomic mass is 9.48. The van der Waals surface area contributed by atoms with E-state index in [1.54, 1.807) is 0 Å². The fourth-order valence-corrected chi connectivity index (χ4v) is 5.04. The number of ether oxygens (including phenoxy) is 2. The number of alkyl halides is 2. The molecule has 0 aromatic rings. The molecule has 22 heavy (non-hydrogen) atoms. The molecule has 4 aliphatic carbocycles. The van der Waals surface area contributed by atoms with Crippen molar-refractivity contribution in [2.75, 3.05) is 13.2 Å². The topological polar surface area (TPSA) is 72.8 Å². The Hall–Kier alpha value is -1.24. The van der Waals surface area contributed by atoms with Crippen LogP contribution in [-0.4, -0.2) is 42.3 Å². The van der Waals surface area contributed by atoms with Crippen molar-refractivity contribution in [2.24, 2.45) is 17.3 Å². The Kier molecular flexibility index (Phi) is 3.87. The smallest absolute Gasteiger partial charge is 0.374 e. The second-order valence-electron chi connectivity index (χ2n) is 7.25. The summed E-state index contributed by atoms with van der Waals surface area (Å²) >= 11 is 0. The van der Waals surface area contributed by atoms with E-state index in [1.165, 1.54) is 0 Å². The maximum atomic E-state index is 12.0. The third-order valence-electron chi connectivity index (χ3n) is 5.20. The Morgan fingerprint density at radius 3 is 2.32 bits per heavy atom. The number of rotatable bonds is 5. The van der Waals surface area contributed by atoms with Gasteiger partial charge in [0.15, 0.2) is 6.61 Å². The quantitative estimate of drug-likeness (QED) is 0.781. The molecule has 1 N–H and O–H groups in total. The van der Waals surface area contributed by atoms with Crippen LogP contribution in [0.25, 0.3) is 0 Å². The minimum absolute atomic E-state index is 0.160. The first-order valence-electron chi connectivity index (χ1n) is 7.62. The zero-order valence-electron chi connectivity index (χ0n) is 12.2. The molecule has 4 rings (SSSR count). The highest BCUT2D eigenvalue weighted by Crippen LogP contribution is 2.61. The molecule has 0 aromatic carbocycles. The third kappa shape index (κ3) is 3.09. The van der Waals surface area contributed by atoms with Gasteiger partial charge in [-0.2, -0.15) is 8.78 Å². The van der Waals surface area contributed by atoms with Crippen molar-refractivity contribution in [3.05, 3.63) is 0 Å². The lowest BCUT2D eigenvalue weighted by Crippen LogP contribution is -2.57. The fourth-order valence-electron chi connectivity index (χ4n) is 5.04. The number of aliphatic hydroxyl groups is 1. The van der Waals surface area contributed by atoms with Gasteiger partial charge < -0.3 is 14.6 Å². The Bertz CT molecular complexity index is 465. The molecule has 0 heterocycles. The van der Waals surface area contributed by atoms with Gasteiger partial charge in [-0.15, -0.1) is 0 Å². The summed E-state index contributed by atoms with van der Waals surface area (Å²) in [6.45, 7) is -0.635. The predicted octanol–water partition coefficient (Wildman–Crippen LogP) is 1.67. The number of carbonyl (C=O) groups is 2. The molecule has 0 aliphatic heterocycles. The van der Waals surface area contributed by atoms with Crippen molar-refractivity contribution in [3.8, 4) is 0 Å². The summed E-state index contributed by atoms with van der Waals surface area (Å²) in [6, 6.07) is 0. The van der Waals surface area contributed by atoms with E-state index in [9.17, 15) is 23.5 Å². The van der Waals surface area contributed by atoms with E-state index >= 15 is 0 Å². The van der Waals surface area contributed by atoms with Gasteiger partial charge in [0.05, 0.1) is 12.2 Å². The van der Waals surface area contributed by atoms with Crippen LogP contribution >= 0.6 is 0 Å². The SMILES string of the molecule is O=C(COC(=O)C(F)F)OCC12CC3CC(CC(O)(C3)C1)C2. The van der Waals surface area contributed by atoms with E-state index in [0.29, 0.717) is 18.3 Å². The van der Waals surface area contributed by atoms with Crippen molar-refractivity contribution in [3.63, 3.8) is 0 Å². The van der Waals surface area contributed by atoms with E-state index in [4.69, 9.17) is 4.74 Å². The molecule has 124 valence electrons. The second kappa shape index (κ2) is 5.44. The van der Waals surface area contributed by atoms with E-state index < -0.39 is 30.6 Å². The minimum atomic E-state index is -3.25. The molecule has 4 saturated carbocycles. The maximum Gasteiger partial charge on any atom is 0.374 e. The highest BCUT2D eigenvalue weighted by Gasteiger charge is 2.57. The highest BCUT2D eigenvalue weighted by molar-refractivity contribution is 5.78. The monoisotopic (exact) mass is 318 g/mol. The Morgan fingerprint density at radius 2 is 1.77 bits per heavy atom. The number of hydrogen-bond acceptors (Lipinski definition) is 5. The lowest BCUT2D eigenvalue weighted by molar-refractivity contribution is -0.189. The minimum Gasteiger partial charge on any atom is -0.463 e. The van der Waals surface area contributed by atoms with Crippen LogP contribution in [0.15, 0.2) is 0 Å². The van der Waals surface area contributed by atoms with E-state index in [-0.39, 0.29) is 12.0 Å². The molecule has 4 bridgehead atoms. The summed E-state index contributed by atoms with van der Waals surface area (Å²) in [7, 11) is 0. The summed E-state index contributed by atoms with van der Waals surface area (Å²) in [5, 5.41) is 10.6. The molecule has 0 amide bonds. The zero-order chi connectivity index (χ0) is 16.0. The summed E-state index contributed by atoms with van der Waals surface area (Å²) < 4.78 is 33.2. The van der Waals surface area contributed by atoms with Crippen LogP contribution in [0.3, 0.4) is 0 Å².